The molecule has 1 amide bonds. The first-order valence-corrected chi connectivity index (χ1v) is 5.92. The molecule has 0 aliphatic heterocycles. The highest BCUT2D eigenvalue weighted by molar-refractivity contribution is 8.01. The summed E-state index contributed by atoms with van der Waals surface area (Å²) in [4.78, 5) is 22.1. The van der Waals surface area contributed by atoms with Crippen LogP contribution < -0.4 is 5.32 Å². The number of hydrogen-bond acceptors (Lipinski definition) is 4. The Kier molecular flexibility index (Phi) is 7.01. The van der Waals surface area contributed by atoms with Crippen molar-refractivity contribution in [1.29, 1.82) is 0 Å². The molecule has 0 saturated carbocycles. The van der Waals surface area contributed by atoms with Gasteiger partial charge in [-0.3, -0.25) is 9.59 Å². The van der Waals surface area contributed by atoms with E-state index in [0.29, 0.717) is 0 Å². The Morgan fingerprint density at radius 2 is 2.00 bits per heavy atom. The molecule has 0 unspecified atom stereocenters. The fraction of sp³-hybridized carbons (Fsp3) is 0.778. The predicted octanol–water partition coefficient (Wildman–Crippen LogP) is 1.35. The van der Waals surface area contributed by atoms with Crippen molar-refractivity contribution in [3.63, 3.8) is 0 Å². The highest BCUT2D eigenvalue weighted by atomic mass is 32.2. The Balaban J connectivity index is 3.86. The van der Waals surface area contributed by atoms with E-state index in [-0.39, 0.29) is 12.4 Å². The molecule has 0 bridgehead atoms. The van der Waals surface area contributed by atoms with E-state index in [0.717, 1.165) is 11.8 Å². The largest absolute Gasteiger partial charge is 0.465 e. The van der Waals surface area contributed by atoms with E-state index in [1.165, 1.54) is 6.92 Å². The minimum atomic E-state index is -4.43. The van der Waals surface area contributed by atoms with Gasteiger partial charge in [-0.2, -0.15) is 13.2 Å². The van der Waals surface area contributed by atoms with Crippen LogP contribution in [0.25, 0.3) is 0 Å². The molecule has 0 aromatic carbocycles. The van der Waals surface area contributed by atoms with E-state index < -0.39 is 29.8 Å². The highest BCUT2D eigenvalue weighted by Gasteiger charge is 2.28. The number of halogens is 3. The van der Waals surface area contributed by atoms with Gasteiger partial charge in [-0.05, 0) is 13.8 Å². The molecule has 0 saturated heterocycles. The number of rotatable bonds is 6. The summed E-state index contributed by atoms with van der Waals surface area (Å²) in [5.74, 6) is -1.31. The number of hydrogen-bond donors (Lipinski definition) is 1. The summed E-state index contributed by atoms with van der Waals surface area (Å²) >= 11 is 0.929. The number of nitrogens with one attached hydrogen (secondary N) is 1. The van der Waals surface area contributed by atoms with Gasteiger partial charge >= 0.3 is 12.1 Å². The summed E-state index contributed by atoms with van der Waals surface area (Å²) < 4.78 is 40.0. The second-order valence-corrected chi connectivity index (χ2v) is 4.42. The maximum Gasteiger partial charge on any atom is 0.405 e. The third kappa shape index (κ3) is 8.84. The molecule has 0 aromatic heterocycles. The number of carbonyl (C=O) groups is 2. The lowest BCUT2D eigenvalue weighted by atomic mass is 10.4. The van der Waals surface area contributed by atoms with E-state index in [1.807, 2.05) is 0 Å². The molecule has 0 aromatic rings. The van der Waals surface area contributed by atoms with Gasteiger partial charge in [-0.15, -0.1) is 11.8 Å². The van der Waals surface area contributed by atoms with Gasteiger partial charge in [0.2, 0.25) is 5.91 Å². The van der Waals surface area contributed by atoms with Gasteiger partial charge in [0.1, 0.15) is 6.54 Å². The van der Waals surface area contributed by atoms with Gasteiger partial charge in [-0.1, -0.05) is 0 Å². The van der Waals surface area contributed by atoms with Crippen LogP contribution in [-0.2, 0) is 14.3 Å². The Morgan fingerprint density at radius 3 is 2.47 bits per heavy atom. The second-order valence-electron chi connectivity index (χ2n) is 3.09. The molecule has 0 rings (SSSR count). The monoisotopic (exact) mass is 273 g/mol. The Labute approximate surface area is 101 Å². The number of carbonyl (C=O) groups excluding carboxylic acids is 2. The van der Waals surface area contributed by atoms with Crippen LogP contribution in [0.2, 0.25) is 0 Å². The smallest absolute Gasteiger partial charge is 0.405 e. The molecule has 1 atom stereocenters. The minimum absolute atomic E-state index is 0.0611. The number of ether oxygens (including phenoxy) is 1. The third-order valence-electron chi connectivity index (χ3n) is 1.59. The Morgan fingerprint density at radius 1 is 1.41 bits per heavy atom. The van der Waals surface area contributed by atoms with Gasteiger partial charge in [0.25, 0.3) is 0 Å². The van der Waals surface area contributed by atoms with E-state index in [1.54, 1.807) is 12.2 Å². The van der Waals surface area contributed by atoms with Crippen molar-refractivity contribution in [2.75, 3.05) is 18.9 Å². The molecule has 4 nitrogen and oxygen atoms in total. The fourth-order valence-corrected chi connectivity index (χ4v) is 1.51. The molecule has 8 heteroatoms. The summed E-state index contributed by atoms with van der Waals surface area (Å²) in [5.41, 5.74) is 0. The number of amides is 1. The molecule has 0 spiro atoms. The summed E-state index contributed by atoms with van der Waals surface area (Å²) in [6.07, 6.45) is -4.43. The first-order chi connectivity index (χ1) is 7.76. The second kappa shape index (κ2) is 7.41. The van der Waals surface area contributed by atoms with Crippen LogP contribution >= 0.6 is 11.8 Å². The zero-order chi connectivity index (χ0) is 13.5. The summed E-state index contributed by atoms with van der Waals surface area (Å²) in [6, 6.07) is 0. The van der Waals surface area contributed by atoms with Crippen molar-refractivity contribution in [1.82, 2.24) is 5.32 Å². The standard InChI is InChI=1S/C9H14F3NO3S/c1-3-16-7(14)4-17-6(2)8(15)13-5-9(10,11)12/h6H,3-5H2,1-2H3,(H,13,15)/t6-/m0/s1. The molecule has 100 valence electrons. The van der Waals surface area contributed by atoms with Crippen LogP contribution in [0.4, 0.5) is 13.2 Å². The SMILES string of the molecule is CCOC(=O)CS[C@@H](C)C(=O)NCC(F)(F)F. The molecule has 0 aliphatic rings. The molecule has 0 aliphatic carbocycles. The zero-order valence-corrected chi connectivity index (χ0v) is 10.3. The summed E-state index contributed by atoms with van der Waals surface area (Å²) in [6.45, 7) is 1.93. The zero-order valence-electron chi connectivity index (χ0n) is 9.47. The average molecular weight is 273 g/mol. The van der Waals surface area contributed by atoms with Crippen molar-refractivity contribution in [3.8, 4) is 0 Å². The van der Waals surface area contributed by atoms with Crippen LogP contribution in [0.3, 0.4) is 0 Å². The van der Waals surface area contributed by atoms with Crippen molar-refractivity contribution in [2.24, 2.45) is 0 Å². The topological polar surface area (TPSA) is 55.4 Å². The highest BCUT2D eigenvalue weighted by Crippen LogP contribution is 2.14. The van der Waals surface area contributed by atoms with Gasteiger partial charge in [-0.25, -0.2) is 0 Å². The summed E-state index contributed by atoms with van der Waals surface area (Å²) in [5, 5.41) is 1.01. The van der Waals surface area contributed by atoms with Crippen LogP contribution in [-0.4, -0.2) is 42.2 Å². The van der Waals surface area contributed by atoms with E-state index in [9.17, 15) is 22.8 Å². The maximum absolute atomic E-state index is 11.8. The quantitative estimate of drug-likeness (QED) is 0.742. The van der Waals surface area contributed by atoms with Crippen LogP contribution in [0.1, 0.15) is 13.8 Å². The van der Waals surface area contributed by atoms with Crippen molar-refractivity contribution in [3.05, 3.63) is 0 Å². The van der Waals surface area contributed by atoms with Gasteiger partial charge in [0.05, 0.1) is 17.6 Å². The molecule has 0 heterocycles. The number of thioether (sulfide) groups is 1. The lowest BCUT2D eigenvalue weighted by molar-refractivity contribution is -0.140. The minimum Gasteiger partial charge on any atom is -0.465 e. The number of alkyl halides is 3. The van der Waals surface area contributed by atoms with Crippen molar-refractivity contribution >= 4 is 23.6 Å². The molecular weight excluding hydrogens is 259 g/mol. The van der Waals surface area contributed by atoms with E-state index in [4.69, 9.17) is 0 Å². The van der Waals surface area contributed by atoms with E-state index >= 15 is 0 Å². The Bertz CT molecular complexity index is 271. The lowest BCUT2D eigenvalue weighted by Gasteiger charge is -2.12. The Hall–Kier alpha value is -0.920. The fourth-order valence-electron chi connectivity index (χ4n) is 0.802. The van der Waals surface area contributed by atoms with Gasteiger partial charge in [0, 0.05) is 0 Å². The maximum atomic E-state index is 11.8. The first kappa shape index (κ1) is 16.1. The van der Waals surface area contributed by atoms with Crippen LogP contribution in [0, 0.1) is 0 Å². The first-order valence-electron chi connectivity index (χ1n) is 4.88. The molecule has 17 heavy (non-hydrogen) atoms. The third-order valence-corrected chi connectivity index (χ3v) is 2.71. The normalized spacial score (nSPS) is 13.0. The van der Waals surface area contributed by atoms with Gasteiger partial charge < -0.3 is 10.1 Å². The van der Waals surface area contributed by atoms with E-state index in [2.05, 4.69) is 4.74 Å². The van der Waals surface area contributed by atoms with Crippen molar-refractivity contribution < 1.29 is 27.5 Å². The van der Waals surface area contributed by atoms with Crippen LogP contribution in [0.5, 0.6) is 0 Å². The molecular formula is C9H14F3NO3S. The lowest BCUT2D eigenvalue weighted by Crippen LogP contribution is -2.38. The van der Waals surface area contributed by atoms with Crippen LogP contribution in [0.15, 0.2) is 0 Å². The van der Waals surface area contributed by atoms with Gasteiger partial charge in [0.15, 0.2) is 0 Å². The molecule has 0 fully saturated rings. The van der Waals surface area contributed by atoms with Crippen molar-refractivity contribution in [2.45, 2.75) is 25.3 Å². The predicted molar refractivity (Wildman–Crippen MR) is 57.6 cm³/mol. The molecule has 1 N–H and O–H groups in total. The summed E-state index contributed by atoms with van der Waals surface area (Å²) in [7, 11) is 0. The molecule has 0 radical (unpaired) electrons. The average Bonchev–Trinajstić information content (AvgIpc) is 2.22. The number of esters is 1.